The Balaban J connectivity index is 2.23. The van der Waals surface area contributed by atoms with Crippen LogP contribution in [-0.2, 0) is 9.47 Å². The van der Waals surface area contributed by atoms with Gasteiger partial charge in [0.2, 0.25) is 0 Å². The highest BCUT2D eigenvalue weighted by atomic mass is 16.5. The van der Waals surface area contributed by atoms with Crippen molar-refractivity contribution in [2.24, 2.45) is 0 Å². The van der Waals surface area contributed by atoms with Gasteiger partial charge in [0.05, 0.1) is 18.8 Å². The van der Waals surface area contributed by atoms with Crippen LogP contribution >= 0.6 is 0 Å². The Labute approximate surface area is 113 Å². The summed E-state index contributed by atoms with van der Waals surface area (Å²) in [6, 6.07) is 0. The molecule has 1 aliphatic rings. The molecule has 1 fully saturated rings. The van der Waals surface area contributed by atoms with Crippen molar-refractivity contribution in [1.82, 2.24) is 5.32 Å². The molecule has 3 heteroatoms. The van der Waals surface area contributed by atoms with Crippen molar-refractivity contribution in [3.8, 4) is 0 Å². The van der Waals surface area contributed by atoms with Crippen molar-refractivity contribution >= 4 is 0 Å². The highest BCUT2D eigenvalue weighted by Gasteiger charge is 2.18. The topological polar surface area (TPSA) is 30.5 Å². The molecule has 3 nitrogen and oxygen atoms in total. The zero-order chi connectivity index (χ0) is 13.4. The third-order valence-electron chi connectivity index (χ3n) is 3.26. The number of ether oxygens (including phenoxy) is 2. The predicted molar refractivity (Wildman–Crippen MR) is 76.0 cm³/mol. The van der Waals surface area contributed by atoms with Gasteiger partial charge in [-0.15, -0.1) is 0 Å². The first-order chi connectivity index (χ1) is 8.51. The Hall–Kier alpha value is -0.120. The Morgan fingerprint density at radius 3 is 2.67 bits per heavy atom. The van der Waals surface area contributed by atoms with Crippen LogP contribution in [0.3, 0.4) is 0 Å². The predicted octanol–water partition coefficient (Wildman–Crippen LogP) is 3.13. The summed E-state index contributed by atoms with van der Waals surface area (Å²) < 4.78 is 11.7. The lowest BCUT2D eigenvalue weighted by atomic mass is 10.1. The molecule has 1 heterocycles. The molecular formula is C15H31NO2. The zero-order valence-electron chi connectivity index (χ0n) is 12.6. The van der Waals surface area contributed by atoms with Crippen LogP contribution in [0.15, 0.2) is 0 Å². The van der Waals surface area contributed by atoms with Gasteiger partial charge in [-0.2, -0.15) is 0 Å². The van der Waals surface area contributed by atoms with Crippen LogP contribution in [0.2, 0.25) is 0 Å². The second kappa shape index (κ2) is 8.13. The van der Waals surface area contributed by atoms with Crippen LogP contribution in [0.5, 0.6) is 0 Å². The second-order valence-electron chi connectivity index (χ2n) is 6.36. The molecule has 0 amide bonds. The molecule has 2 unspecified atom stereocenters. The van der Waals surface area contributed by atoms with E-state index in [4.69, 9.17) is 9.47 Å². The lowest BCUT2D eigenvalue weighted by molar-refractivity contribution is -0.0648. The summed E-state index contributed by atoms with van der Waals surface area (Å²) in [6.45, 7) is 11.4. The third kappa shape index (κ3) is 7.34. The Bertz CT molecular complexity index is 207. The van der Waals surface area contributed by atoms with E-state index in [1.807, 2.05) is 0 Å². The summed E-state index contributed by atoms with van der Waals surface area (Å²) in [5, 5.41) is 3.53. The fourth-order valence-electron chi connectivity index (χ4n) is 2.17. The molecule has 1 saturated heterocycles. The summed E-state index contributed by atoms with van der Waals surface area (Å²) in [5.74, 6) is 0. The van der Waals surface area contributed by atoms with E-state index in [2.05, 4.69) is 33.0 Å². The number of hydrogen-bond donors (Lipinski definition) is 1. The van der Waals surface area contributed by atoms with E-state index in [1.54, 1.807) is 0 Å². The zero-order valence-corrected chi connectivity index (χ0v) is 12.6. The largest absolute Gasteiger partial charge is 0.376 e. The number of nitrogens with one attached hydrogen (secondary N) is 1. The first-order valence-corrected chi connectivity index (χ1v) is 7.49. The maximum atomic E-state index is 6.03. The molecule has 0 aromatic rings. The van der Waals surface area contributed by atoms with Gasteiger partial charge in [0.1, 0.15) is 0 Å². The minimum Gasteiger partial charge on any atom is -0.376 e. The van der Waals surface area contributed by atoms with Crippen molar-refractivity contribution in [1.29, 1.82) is 0 Å². The van der Waals surface area contributed by atoms with Crippen LogP contribution in [-0.4, -0.2) is 37.5 Å². The van der Waals surface area contributed by atoms with Crippen LogP contribution in [0.25, 0.3) is 0 Å². The molecule has 0 saturated carbocycles. The molecule has 2 atom stereocenters. The van der Waals surface area contributed by atoms with Crippen LogP contribution in [0, 0.1) is 0 Å². The molecule has 0 bridgehead atoms. The lowest BCUT2D eigenvalue weighted by Gasteiger charge is -2.28. The van der Waals surface area contributed by atoms with Gasteiger partial charge >= 0.3 is 0 Å². The van der Waals surface area contributed by atoms with Crippen molar-refractivity contribution < 1.29 is 9.47 Å². The number of rotatable bonds is 7. The van der Waals surface area contributed by atoms with Crippen LogP contribution in [0.4, 0.5) is 0 Å². The molecule has 1 N–H and O–H groups in total. The maximum absolute atomic E-state index is 6.03. The van der Waals surface area contributed by atoms with E-state index in [0.29, 0.717) is 12.2 Å². The summed E-state index contributed by atoms with van der Waals surface area (Å²) in [4.78, 5) is 0. The van der Waals surface area contributed by atoms with E-state index >= 15 is 0 Å². The highest BCUT2D eigenvalue weighted by Crippen LogP contribution is 2.14. The van der Waals surface area contributed by atoms with E-state index in [-0.39, 0.29) is 5.54 Å². The van der Waals surface area contributed by atoms with E-state index < -0.39 is 0 Å². The molecule has 1 rings (SSSR count). The smallest absolute Gasteiger partial charge is 0.0808 e. The van der Waals surface area contributed by atoms with Gasteiger partial charge < -0.3 is 14.8 Å². The van der Waals surface area contributed by atoms with Crippen molar-refractivity contribution in [3.05, 3.63) is 0 Å². The molecule has 0 aromatic heterocycles. The fourth-order valence-corrected chi connectivity index (χ4v) is 2.17. The van der Waals surface area contributed by atoms with Gasteiger partial charge in [-0.1, -0.05) is 13.3 Å². The molecule has 0 aliphatic carbocycles. The van der Waals surface area contributed by atoms with Gasteiger partial charge in [-0.3, -0.25) is 0 Å². The molecule has 18 heavy (non-hydrogen) atoms. The Kier molecular flexibility index (Phi) is 7.20. The fraction of sp³-hybridized carbons (Fsp3) is 1.00. The Morgan fingerprint density at radius 1 is 1.33 bits per heavy atom. The summed E-state index contributed by atoms with van der Waals surface area (Å²) in [7, 11) is 0. The van der Waals surface area contributed by atoms with Gasteiger partial charge in [0.15, 0.2) is 0 Å². The number of hydrogen-bond acceptors (Lipinski definition) is 3. The molecule has 1 aliphatic heterocycles. The van der Waals surface area contributed by atoms with Crippen molar-refractivity contribution in [3.63, 3.8) is 0 Å². The monoisotopic (exact) mass is 257 g/mol. The Morgan fingerprint density at radius 2 is 2.11 bits per heavy atom. The maximum Gasteiger partial charge on any atom is 0.0808 e. The molecular weight excluding hydrogens is 226 g/mol. The van der Waals surface area contributed by atoms with Gasteiger partial charge in [-0.25, -0.2) is 0 Å². The van der Waals surface area contributed by atoms with Crippen molar-refractivity contribution in [2.45, 2.75) is 77.5 Å². The first-order valence-electron chi connectivity index (χ1n) is 7.49. The third-order valence-corrected chi connectivity index (χ3v) is 3.26. The normalized spacial score (nSPS) is 23.0. The summed E-state index contributed by atoms with van der Waals surface area (Å²) in [6.07, 6.45) is 6.59. The second-order valence-corrected chi connectivity index (χ2v) is 6.36. The van der Waals surface area contributed by atoms with Crippen molar-refractivity contribution in [2.75, 3.05) is 19.8 Å². The standard InChI is InChI=1S/C15H31NO2/c1-5-8-13(11-16-15(2,3)4)18-12-14-9-6-7-10-17-14/h13-14,16H,5-12H2,1-4H3. The minimum absolute atomic E-state index is 0.163. The van der Waals surface area contributed by atoms with Gasteiger partial charge in [-0.05, 0) is 46.5 Å². The minimum atomic E-state index is 0.163. The molecule has 0 radical (unpaired) electrons. The lowest BCUT2D eigenvalue weighted by Crippen LogP contribution is -2.42. The highest BCUT2D eigenvalue weighted by molar-refractivity contribution is 4.74. The van der Waals surface area contributed by atoms with Crippen LogP contribution in [0.1, 0.15) is 59.8 Å². The van der Waals surface area contributed by atoms with Gasteiger partial charge in [0.25, 0.3) is 0 Å². The van der Waals surface area contributed by atoms with Crippen LogP contribution < -0.4 is 5.32 Å². The first kappa shape index (κ1) is 15.9. The SMILES string of the molecule is CCCC(CNC(C)(C)C)OCC1CCCCO1. The average Bonchev–Trinajstić information content (AvgIpc) is 2.33. The summed E-state index contributed by atoms with van der Waals surface area (Å²) in [5.41, 5.74) is 0.163. The average molecular weight is 257 g/mol. The van der Waals surface area contributed by atoms with Gasteiger partial charge in [0, 0.05) is 18.7 Å². The van der Waals surface area contributed by atoms with E-state index in [9.17, 15) is 0 Å². The molecule has 0 spiro atoms. The summed E-state index contributed by atoms with van der Waals surface area (Å²) >= 11 is 0. The van der Waals surface area contributed by atoms with E-state index in [0.717, 1.165) is 32.6 Å². The van der Waals surface area contributed by atoms with E-state index in [1.165, 1.54) is 19.3 Å². The quantitative estimate of drug-likeness (QED) is 0.760. The molecule has 108 valence electrons. The molecule has 0 aromatic carbocycles.